The first-order chi connectivity index (χ1) is 31.8. The van der Waals surface area contributed by atoms with Gasteiger partial charge in [-0.05, 0) is 97.7 Å². The number of amides is 3. The summed E-state index contributed by atoms with van der Waals surface area (Å²) in [4.78, 5) is 63.1. The Bertz CT molecular complexity index is 2670. The first kappa shape index (κ1) is 48.1. The lowest BCUT2D eigenvalue weighted by Crippen LogP contribution is -2.63. The second kappa shape index (κ2) is 18.9. The molecule has 0 unspecified atom stereocenters. The highest BCUT2D eigenvalue weighted by Gasteiger charge is 2.49. The number of aromatic hydroxyl groups is 1. The third kappa shape index (κ3) is 9.68. The molecule has 6 heterocycles. The Morgan fingerprint density at radius 3 is 2.52 bits per heavy atom. The Morgan fingerprint density at radius 1 is 1.09 bits per heavy atom. The number of hydrogen-bond acceptors (Lipinski definition) is 12. The fraction of sp³-hybridized carbons (Fsp3) is 0.531. The Morgan fingerprint density at radius 2 is 1.84 bits per heavy atom. The van der Waals surface area contributed by atoms with Gasteiger partial charge in [0.05, 0.1) is 30.0 Å². The highest BCUT2D eigenvalue weighted by molar-refractivity contribution is 7.90. The van der Waals surface area contributed by atoms with Crippen LogP contribution in [0.1, 0.15) is 77.3 Å². The van der Waals surface area contributed by atoms with Gasteiger partial charge in [0.25, 0.3) is 5.91 Å². The van der Waals surface area contributed by atoms with Gasteiger partial charge in [0, 0.05) is 81.4 Å². The first-order valence-corrected chi connectivity index (χ1v) is 24.8. The van der Waals surface area contributed by atoms with Gasteiger partial charge in [0.15, 0.2) is 0 Å². The number of sulfonamides is 1. The number of likely N-dealkylation sites (N-methyl/N-ethyl adjacent to an activating group) is 1. The summed E-state index contributed by atoms with van der Waals surface area (Å²) < 4.78 is 40.9. The molecular formula is C49H64N8O9S. The largest absolute Gasteiger partial charge is 0.508 e. The van der Waals surface area contributed by atoms with Crippen LogP contribution in [0.4, 0.5) is 0 Å². The lowest BCUT2D eigenvalue weighted by atomic mass is 9.84. The third-order valence-corrected chi connectivity index (χ3v) is 15.7. The van der Waals surface area contributed by atoms with Gasteiger partial charge in [0.1, 0.15) is 29.2 Å². The zero-order chi connectivity index (χ0) is 48.1. The maximum Gasteiger partial charge on any atom is 0.324 e. The number of phenolic OH excluding ortho intramolecular Hbond substituents is 1. The second-order valence-corrected chi connectivity index (χ2v) is 21.7. The molecule has 2 aromatic carbocycles. The lowest BCUT2D eigenvalue weighted by Gasteiger charge is -2.41. The number of hydrogen-bond donors (Lipinski definition) is 4. The van der Waals surface area contributed by atoms with Crippen molar-refractivity contribution in [3.05, 3.63) is 71.5 Å². The molecule has 0 radical (unpaired) electrons. The van der Waals surface area contributed by atoms with E-state index in [0.717, 1.165) is 39.0 Å². The maximum atomic E-state index is 14.7. The molecule has 17 nitrogen and oxygen atoms in total. The van der Waals surface area contributed by atoms with Gasteiger partial charge in [-0.2, -0.15) is 4.31 Å². The number of fused-ring (bicyclic) bond motifs is 6. The van der Waals surface area contributed by atoms with Crippen LogP contribution < -0.4 is 16.1 Å². The SMILES string of the molecule is CCn1c(-c2cccnc2[C@H](C)OC)c2c3cc(ccc31)-c1cc(O)cc(c1)C[C@H](NC(=O)[C@H](C(C)C)N(C)C(=O)C1CN(S(=O)(=O)[C@H]3CN3)C1)C(=O)N1CCC[C@H](N1)C(=O)OCC(C)(C)C2. The molecule has 4 aliphatic heterocycles. The van der Waals surface area contributed by atoms with Crippen molar-refractivity contribution < 1.29 is 42.2 Å². The van der Waals surface area contributed by atoms with E-state index in [0.29, 0.717) is 43.5 Å². The second-order valence-electron chi connectivity index (χ2n) is 19.6. The molecule has 3 amide bonds. The number of aryl methyl sites for hydroxylation is 1. The summed E-state index contributed by atoms with van der Waals surface area (Å²) in [7, 11) is -0.347. The van der Waals surface area contributed by atoms with Crippen LogP contribution in [0.25, 0.3) is 33.3 Å². The zero-order valence-corrected chi connectivity index (χ0v) is 40.5. The van der Waals surface area contributed by atoms with Crippen LogP contribution >= 0.6 is 0 Å². The molecule has 8 rings (SSSR count). The lowest BCUT2D eigenvalue weighted by molar-refractivity contribution is -0.155. The Labute approximate surface area is 392 Å². The number of aromatic nitrogens is 2. The number of nitrogens with zero attached hydrogens (tertiary/aromatic N) is 5. The summed E-state index contributed by atoms with van der Waals surface area (Å²) in [5.41, 5.74) is 9.41. The van der Waals surface area contributed by atoms with E-state index in [9.17, 15) is 32.7 Å². The molecule has 360 valence electrons. The number of nitrogens with one attached hydrogen (secondary N) is 3. The summed E-state index contributed by atoms with van der Waals surface area (Å²) in [5.74, 6) is -2.98. The van der Waals surface area contributed by atoms with Gasteiger partial charge in [-0.15, -0.1) is 0 Å². The minimum atomic E-state index is -3.54. The normalized spacial score (nSPS) is 22.4. The number of carbonyl (C=O) groups is 4. The molecule has 4 N–H and O–H groups in total. The molecule has 0 aliphatic carbocycles. The fourth-order valence-electron chi connectivity index (χ4n) is 9.92. The molecule has 67 heavy (non-hydrogen) atoms. The van der Waals surface area contributed by atoms with Gasteiger partial charge in [-0.25, -0.2) is 13.8 Å². The van der Waals surface area contributed by atoms with Crippen molar-refractivity contribution in [2.75, 3.05) is 46.9 Å². The minimum Gasteiger partial charge on any atom is -0.508 e. The molecule has 4 aromatic rings. The van der Waals surface area contributed by atoms with E-state index in [4.69, 9.17) is 14.5 Å². The third-order valence-electron chi connectivity index (χ3n) is 13.6. The molecule has 2 aromatic heterocycles. The smallest absolute Gasteiger partial charge is 0.324 e. The summed E-state index contributed by atoms with van der Waals surface area (Å²) in [6.07, 6.45) is 2.89. The Balaban J connectivity index is 1.18. The average molecular weight is 941 g/mol. The van der Waals surface area contributed by atoms with E-state index in [2.05, 4.69) is 59.6 Å². The predicted octanol–water partition coefficient (Wildman–Crippen LogP) is 4.13. The molecule has 0 spiro atoms. The quantitative estimate of drug-likeness (QED) is 0.124. The van der Waals surface area contributed by atoms with Gasteiger partial charge < -0.3 is 29.4 Å². The summed E-state index contributed by atoms with van der Waals surface area (Å²) in [6, 6.07) is 12.3. The van der Waals surface area contributed by atoms with Crippen molar-refractivity contribution in [3.63, 3.8) is 0 Å². The maximum absolute atomic E-state index is 14.7. The number of pyridine rings is 1. The molecule has 3 saturated heterocycles. The fourth-order valence-corrected chi connectivity index (χ4v) is 11.6. The number of ether oxygens (including phenoxy) is 2. The van der Waals surface area contributed by atoms with Crippen molar-refractivity contribution in [2.45, 2.75) is 103 Å². The first-order valence-electron chi connectivity index (χ1n) is 23.3. The van der Waals surface area contributed by atoms with Crippen LogP contribution in [0.2, 0.25) is 0 Å². The predicted molar refractivity (Wildman–Crippen MR) is 252 cm³/mol. The van der Waals surface area contributed by atoms with E-state index in [1.54, 1.807) is 39.3 Å². The number of carbonyl (C=O) groups excluding carboxylic acids is 4. The molecule has 6 bridgehead atoms. The number of esters is 1. The minimum absolute atomic E-state index is 0.0255. The molecule has 18 heteroatoms. The van der Waals surface area contributed by atoms with Gasteiger partial charge in [-0.1, -0.05) is 39.8 Å². The average Bonchev–Trinajstić information content (AvgIpc) is 4.10. The van der Waals surface area contributed by atoms with E-state index < -0.39 is 68.6 Å². The molecule has 5 atom stereocenters. The van der Waals surface area contributed by atoms with Crippen LogP contribution in [0.5, 0.6) is 5.75 Å². The topological polar surface area (TPSA) is 215 Å². The highest BCUT2D eigenvalue weighted by Crippen LogP contribution is 2.42. The number of benzene rings is 2. The van der Waals surface area contributed by atoms with Crippen LogP contribution in [0, 0.1) is 17.3 Å². The zero-order valence-electron chi connectivity index (χ0n) is 39.7. The van der Waals surface area contributed by atoms with Crippen LogP contribution in [0.3, 0.4) is 0 Å². The van der Waals surface area contributed by atoms with Crippen molar-refractivity contribution in [1.82, 2.24) is 39.8 Å². The summed E-state index contributed by atoms with van der Waals surface area (Å²) >= 11 is 0. The van der Waals surface area contributed by atoms with Crippen molar-refractivity contribution in [2.24, 2.45) is 17.3 Å². The van der Waals surface area contributed by atoms with E-state index in [1.807, 2.05) is 25.1 Å². The number of rotatable bonds is 11. The van der Waals surface area contributed by atoms with Crippen LogP contribution in [-0.4, -0.2) is 131 Å². The molecule has 0 saturated carbocycles. The summed E-state index contributed by atoms with van der Waals surface area (Å²) in [6.45, 7) is 13.2. The molecular weight excluding hydrogens is 877 g/mol. The van der Waals surface area contributed by atoms with Crippen molar-refractivity contribution in [3.8, 4) is 28.1 Å². The van der Waals surface area contributed by atoms with Crippen molar-refractivity contribution in [1.29, 1.82) is 0 Å². The summed E-state index contributed by atoms with van der Waals surface area (Å²) in [5, 5.41) is 18.8. The van der Waals surface area contributed by atoms with Gasteiger partial charge >= 0.3 is 5.97 Å². The van der Waals surface area contributed by atoms with Crippen molar-refractivity contribution >= 4 is 44.6 Å². The van der Waals surface area contributed by atoms with Gasteiger partial charge in [0.2, 0.25) is 21.8 Å². The van der Waals surface area contributed by atoms with Crippen LogP contribution in [0.15, 0.2) is 54.7 Å². The van der Waals surface area contributed by atoms with E-state index in [1.165, 1.54) is 21.3 Å². The number of phenols is 1. The monoisotopic (exact) mass is 940 g/mol. The number of hydrazine groups is 1. The molecule has 3 fully saturated rings. The van der Waals surface area contributed by atoms with Gasteiger partial charge in [-0.3, -0.25) is 34.5 Å². The molecule has 4 aliphatic rings. The van der Waals surface area contributed by atoms with Crippen LogP contribution in [-0.2, 0) is 58.1 Å². The highest BCUT2D eigenvalue weighted by atomic mass is 32.2. The standard InChI is InChI=1S/C49H64N8O9S/c1-9-56-40-15-14-31-22-36(40)37(44(56)35-12-10-16-50-42(35)29(4)65-8)23-49(5,6)27-66-48(62)38-13-11-17-57(53-38)47(61)39(20-30-18-32(31)21-34(58)19-30)52-45(59)43(28(2)3)54(7)46(60)33-25-55(26-33)67(63,64)41-24-51-41/h10,12,14-16,18-19,21-22,28-29,33,38-39,41,43,51,53,58H,9,11,13,17,20,23-27H2,1-8H3,(H,52,59)/t29-,38-,39-,41-,43-/m0/s1. The Kier molecular flexibility index (Phi) is 13.6. The number of cyclic esters (lactones) is 1. The number of methoxy groups -OCH3 is 1. The van der Waals surface area contributed by atoms with E-state index >= 15 is 0 Å². The Hall–Kier alpha value is -5.40. The van der Waals surface area contributed by atoms with E-state index in [-0.39, 0.29) is 50.4 Å².